The monoisotopic (exact) mass is 436 g/mol. The molecule has 2 aromatic carbocycles. The second-order valence-corrected chi connectivity index (χ2v) is 7.51. The molecule has 0 unspecified atom stereocenters. The normalized spacial score (nSPS) is 13.9. The Labute approximate surface area is 179 Å². The molecule has 29 heavy (non-hydrogen) atoms. The van der Waals surface area contributed by atoms with E-state index in [0.29, 0.717) is 53.3 Å². The molecule has 0 N–H and O–H groups in total. The van der Waals surface area contributed by atoms with E-state index >= 15 is 0 Å². The van der Waals surface area contributed by atoms with Crippen molar-refractivity contribution in [2.75, 3.05) is 40.4 Å². The number of hydrogen-bond donors (Lipinski definition) is 0. The third-order valence-corrected chi connectivity index (χ3v) is 5.45. The van der Waals surface area contributed by atoms with Gasteiger partial charge in [-0.2, -0.15) is 0 Å². The number of rotatable bonds is 5. The van der Waals surface area contributed by atoms with Crippen molar-refractivity contribution in [1.29, 1.82) is 0 Å². The summed E-state index contributed by atoms with van der Waals surface area (Å²) in [6.07, 6.45) is 0.258. The number of carbonyl (C=O) groups is 2. The van der Waals surface area contributed by atoms with Crippen LogP contribution in [0.2, 0.25) is 10.0 Å². The first kappa shape index (κ1) is 21.3. The van der Waals surface area contributed by atoms with Crippen LogP contribution >= 0.6 is 23.2 Å². The number of benzene rings is 2. The van der Waals surface area contributed by atoms with Gasteiger partial charge >= 0.3 is 0 Å². The molecule has 1 aliphatic rings. The van der Waals surface area contributed by atoms with Crippen molar-refractivity contribution in [3.05, 3.63) is 57.6 Å². The average molecular weight is 437 g/mol. The average Bonchev–Trinajstić information content (AvgIpc) is 2.74. The van der Waals surface area contributed by atoms with Crippen molar-refractivity contribution >= 4 is 35.0 Å². The number of ether oxygens (including phenoxy) is 2. The van der Waals surface area contributed by atoms with Crippen LogP contribution in [0.5, 0.6) is 11.5 Å². The lowest BCUT2D eigenvalue weighted by atomic mass is 10.1. The number of piperazine rings is 1. The Balaban J connectivity index is 1.59. The fourth-order valence-corrected chi connectivity index (χ4v) is 3.64. The third-order valence-electron chi connectivity index (χ3n) is 4.88. The Morgan fingerprint density at radius 2 is 1.55 bits per heavy atom. The van der Waals surface area contributed by atoms with Crippen molar-refractivity contribution in [3.63, 3.8) is 0 Å². The second kappa shape index (κ2) is 9.37. The quantitative estimate of drug-likeness (QED) is 0.718. The van der Waals surface area contributed by atoms with Gasteiger partial charge in [-0.1, -0.05) is 29.3 Å². The lowest BCUT2D eigenvalue weighted by molar-refractivity contribution is -0.131. The predicted octanol–water partition coefficient (Wildman–Crippen LogP) is 3.54. The molecule has 0 atom stereocenters. The topological polar surface area (TPSA) is 59.1 Å². The number of halogens is 2. The molecular formula is C21H22Cl2N2O4. The van der Waals surface area contributed by atoms with E-state index in [4.69, 9.17) is 32.7 Å². The number of methoxy groups -OCH3 is 2. The Hall–Kier alpha value is -2.44. The molecule has 2 amide bonds. The minimum Gasteiger partial charge on any atom is -0.493 e. The predicted molar refractivity (Wildman–Crippen MR) is 112 cm³/mol. The minimum absolute atomic E-state index is 0.00473. The molecule has 1 aliphatic heterocycles. The highest BCUT2D eigenvalue weighted by molar-refractivity contribution is 6.35. The van der Waals surface area contributed by atoms with Crippen molar-refractivity contribution in [1.82, 2.24) is 9.80 Å². The van der Waals surface area contributed by atoms with Gasteiger partial charge in [0.25, 0.3) is 5.91 Å². The van der Waals surface area contributed by atoms with Crippen molar-refractivity contribution in [3.8, 4) is 11.5 Å². The first-order valence-electron chi connectivity index (χ1n) is 9.16. The highest BCUT2D eigenvalue weighted by Gasteiger charge is 2.26. The molecule has 0 aromatic heterocycles. The zero-order valence-corrected chi connectivity index (χ0v) is 17.8. The summed E-state index contributed by atoms with van der Waals surface area (Å²) in [7, 11) is 3.13. The molecule has 0 aliphatic carbocycles. The summed E-state index contributed by atoms with van der Waals surface area (Å²) in [5.74, 6) is 1.04. The maximum absolute atomic E-state index is 12.7. The summed E-state index contributed by atoms with van der Waals surface area (Å²) in [5, 5.41) is 0.827. The molecule has 3 rings (SSSR count). The molecule has 8 heteroatoms. The van der Waals surface area contributed by atoms with E-state index < -0.39 is 0 Å². The van der Waals surface area contributed by atoms with Crippen molar-refractivity contribution in [2.24, 2.45) is 0 Å². The maximum atomic E-state index is 12.7. The largest absolute Gasteiger partial charge is 0.493 e. The summed E-state index contributed by atoms with van der Waals surface area (Å²) in [5.41, 5.74) is 1.22. The highest BCUT2D eigenvalue weighted by Crippen LogP contribution is 2.28. The zero-order chi connectivity index (χ0) is 21.0. The molecule has 6 nitrogen and oxygen atoms in total. The Kier molecular flexibility index (Phi) is 6.87. The molecule has 1 fully saturated rings. The van der Waals surface area contributed by atoms with E-state index in [1.165, 1.54) is 0 Å². The lowest BCUT2D eigenvalue weighted by Crippen LogP contribution is -2.51. The summed E-state index contributed by atoms with van der Waals surface area (Å²) in [6.45, 7) is 1.82. The first-order chi connectivity index (χ1) is 13.9. The van der Waals surface area contributed by atoms with Crippen LogP contribution in [-0.4, -0.2) is 62.0 Å². The van der Waals surface area contributed by atoms with Crippen LogP contribution in [-0.2, 0) is 11.2 Å². The van der Waals surface area contributed by atoms with Gasteiger partial charge in [-0.15, -0.1) is 0 Å². The van der Waals surface area contributed by atoms with E-state index in [-0.39, 0.29) is 18.2 Å². The van der Waals surface area contributed by atoms with E-state index in [1.54, 1.807) is 54.4 Å². The van der Waals surface area contributed by atoms with Crippen LogP contribution in [0, 0.1) is 0 Å². The highest BCUT2D eigenvalue weighted by atomic mass is 35.5. The Bertz CT molecular complexity index is 912. The SMILES string of the molecule is COc1ccc(CC(=O)N2CCN(C(=O)c3cc(Cl)ccc3Cl)CC2)cc1OC. The summed E-state index contributed by atoms with van der Waals surface area (Å²) >= 11 is 12.1. The van der Waals surface area contributed by atoms with Gasteiger partial charge in [-0.3, -0.25) is 9.59 Å². The van der Waals surface area contributed by atoms with Crippen molar-refractivity contribution < 1.29 is 19.1 Å². The molecule has 0 spiro atoms. The van der Waals surface area contributed by atoms with Crippen LogP contribution in [0.15, 0.2) is 36.4 Å². The molecule has 0 radical (unpaired) electrons. The number of nitrogens with zero attached hydrogens (tertiary/aromatic N) is 2. The van der Waals surface area contributed by atoms with Gasteiger partial charge in [0, 0.05) is 31.2 Å². The van der Waals surface area contributed by atoms with Crippen molar-refractivity contribution in [2.45, 2.75) is 6.42 Å². The van der Waals surface area contributed by atoms with Gasteiger partial charge in [0.15, 0.2) is 11.5 Å². The Morgan fingerprint density at radius 3 is 2.21 bits per heavy atom. The van der Waals surface area contributed by atoms with E-state index in [9.17, 15) is 9.59 Å². The standard InChI is InChI=1S/C21H22Cl2N2O4/c1-28-18-6-3-14(11-19(18)29-2)12-20(26)24-7-9-25(10-8-24)21(27)16-13-15(22)4-5-17(16)23/h3-6,11,13H,7-10,12H2,1-2H3. The molecular weight excluding hydrogens is 415 g/mol. The molecule has 154 valence electrons. The molecule has 1 heterocycles. The maximum Gasteiger partial charge on any atom is 0.255 e. The van der Waals surface area contributed by atoms with E-state index in [2.05, 4.69) is 0 Å². The van der Waals surface area contributed by atoms with Crippen LogP contribution in [0.3, 0.4) is 0 Å². The van der Waals surface area contributed by atoms with Gasteiger partial charge in [0.05, 0.1) is 31.2 Å². The van der Waals surface area contributed by atoms with Gasteiger partial charge in [0.1, 0.15) is 0 Å². The second-order valence-electron chi connectivity index (χ2n) is 6.66. The molecule has 2 aromatic rings. The number of carbonyl (C=O) groups excluding carboxylic acids is 2. The minimum atomic E-state index is -0.176. The zero-order valence-electron chi connectivity index (χ0n) is 16.3. The van der Waals surface area contributed by atoms with Crippen LogP contribution in [0.25, 0.3) is 0 Å². The van der Waals surface area contributed by atoms with E-state index in [0.717, 1.165) is 5.56 Å². The molecule has 1 saturated heterocycles. The first-order valence-corrected chi connectivity index (χ1v) is 9.91. The lowest BCUT2D eigenvalue weighted by Gasteiger charge is -2.35. The van der Waals surface area contributed by atoms with Crippen LogP contribution in [0.1, 0.15) is 15.9 Å². The van der Waals surface area contributed by atoms with E-state index in [1.807, 2.05) is 6.07 Å². The van der Waals surface area contributed by atoms with Gasteiger partial charge in [-0.05, 0) is 35.9 Å². The van der Waals surface area contributed by atoms with Crippen LogP contribution in [0.4, 0.5) is 0 Å². The number of hydrogen-bond acceptors (Lipinski definition) is 4. The molecule has 0 bridgehead atoms. The fourth-order valence-electron chi connectivity index (χ4n) is 3.27. The van der Waals surface area contributed by atoms with Gasteiger partial charge in [0.2, 0.25) is 5.91 Å². The van der Waals surface area contributed by atoms with Gasteiger partial charge < -0.3 is 19.3 Å². The summed E-state index contributed by atoms with van der Waals surface area (Å²) in [6, 6.07) is 10.3. The van der Waals surface area contributed by atoms with Crippen LogP contribution < -0.4 is 9.47 Å². The fraction of sp³-hybridized carbons (Fsp3) is 0.333. The smallest absolute Gasteiger partial charge is 0.255 e. The summed E-state index contributed by atoms with van der Waals surface area (Å²) in [4.78, 5) is 28.9. The molecule has 0 saturated carbocycles. The Morgan fingerprint density at radius 1 is 0.897 bits per heavy atom. The third kappa shape index (κ3) is 4.95. The van der Waals surface area contributed by atoms with Gasteiger partial charge in [-0.25, -0.2) is 0 Å². The summed E-state index contributed by atoms with van der Waals surface area (Å²) < 4.78 is 10.5. The number of amides is 2.